The lowest BCUT2D eigenvalue weighted by Crippen LogP contribution is -2.54. The second-order valence-electron chi connectivity index (χ2n) is 6.71. The molecule has 0 radical (unpaired) electrons. The molecule has 5 nitrogen and oxygen atoms in total. The fraction of sp³-hybridized carbons (Fsp3) is 0.706. The minimum absolute atomic E-state index is 0.176. The normalized spacial score (nSPS) is 19.4. The van der Waals surface area contributed by atoms with Gasteiger partial charge < -0.3 is 15.1 Å². The van der Waals surface area contributed by atoms with E-state index in [0.29, 0.717) is 12.5 Å². The first kappa shape index (κ1) is 17.6. The van der Waals surface area contributed by atoms with Crippen molar-refractivity contribution in [3.8, 4) is 0 Å². The fourth-order valence-electron chi connectivity index (χ4n) is 3.40. The Kier molecular flexibility index (Phi) is 6.05. The van der Waals surface area contributed by atoms with Crippen LogP contribution in [0.1, 0.15) is 42.8 Å². The van der Waals surface area contributed by atoms with Crippen LogP contribution in [0.5, 0.6) is 0 Å². The van der Waals surface area contributed by atoms with Crippen LogP contribution >= 0.6 is 23.6 Å². The second kappa shape index (κ2) is 8.25. The number of aromatic nitrogens is 1. The summed E-state index contributed by atoms with van der Waals surface area (Å²) in [4.78, 5) is 20.9. The monoisotopic (exact) mass is 366 g/mol. The number of nitrogens with one attached hydrogen (secondary N) is 1. The summed E-state index contributed by atoms with van der Waals surface area (Å²) in [6, 6.07) is 0.541. The predicted molar refractivity (Wildman–Crippen MR) is 101 cm³/mol. The van der Waals surface area contributed by atoms with E-state index in [-0.39, 0.29) is 5.91 Å². The molecule has 1 N–H and O–H groups in total. The summed E-state index contributed by atoms with van der Waals surface area (Å²) in [7, 11) is 0. The van der Waals surface area contributed by atoms with Gasteiger partial charge in [-0.05, 0) is 32.0 Å². The van der Waals surface area contributed by atoms with Crippen molar-refractivity contribution in [2.75, 3.05) is 26.2 Å². The van der Waals surface area contributed by atoms with Crippen molar-refractivity contribution in [2.24, 2.45) is 0 Å². The zero-order valence-electron chi connectivity index (χ0n) is 14.3. The Bertz CT molecular complexity index is 575. The zero-order chi connectivity index (χ0) is 16.9. The van der Waals surface area contributed by atoms with E-state index in [4.69, 9.17) is 12.2 Å². The van der Waals surface area contributed by atoms with Crippen LogP contribution in [0.3, 0.4) is 0 Å². The Morgan fingerprint density at radius 1 is 1.25 bits per heavy atom. The van der Waals surface area contributed by atoms with Gasteiger partial charge in [-0.2, -0.15) is 0 Å². The number of aryl methyl sites for hydroxylation is 1. The summed E-state index contributed by atoms with van der Waals surface area (Å²) < 4.78 is 0. The minimum atomic E-state index is 0.176. The van der Waals surface area contributed by atoms with Gasteiger partial charge in [-0.25, -0.2) is 4.98 Å². The molecule has 0 bridgehead atoms. The highest BCUT2D eigenvalue weighted by Gasteiger charge is 2.24. The third kappa shape index (κ3) is 4.66. The summed E-state index contributed by atoms with van der Waals surface area (Å²) in [6.07, 6.45) is 6.84. The van der Waals surface area contributed by atoms with Crippen molar-refractivity contribution in [1.82, 2.24) is 20.1 Å². The SMILES string of the molecule is Cc1csc(CC(=O)N2CCN(C(=S)NC3CCCCC3)CC2)n1. The standard InChI is InChI=1S/C17H26N4OS2/c1-13-12-24-15(18-13)11-16(22)20-7-9-21(10-8-20)17(23)19-14-5-3-2-4-6-14/h12,14H,2-11H2,1H3,(H,19,23). The average Bonchev–Trinajstić information content (AvgIpc) is 3.00. The van der Waals surface area contributed by atoms with Gasteiger partial charge in [-0.3, -0.25) is 4.79 Å². The quantitative estimate of drug-likeness (QED) is 0.832. The van der Waals surface area contributed by atoms with Gasteiger partial charge in [0.25, 0.3) is 0 Å². The molecule has 0 aromatic carbocycles. The van der Waals surface area contributed by atoms with E-state index in [1.165, 1.54) is 32.1 Å². The van der Waals surface area contributed by atoms with E-state index in [2.05, 4.69) is 15.2 Å². The lowest BCUT2D eigenvalue weighted by atomic mass is 9.96. The number of piperazine rings is 1. The van der Waals surface area contributed by atoms with Crippen LogP contribution in [0.25, 0.3) is 0 Å². The van der Waals surface area contributed by atoms with E-state index in [0.717, 1.165) is 42.0 Å². The molecule has 24 heavy (non-hydrogen) atoms. The Morgan fingerprint density at radius 3 is 2.54 bits per heavy atom. The molecule has 0 unspecified atom stereocenters. The van der Waals surface area contributed by atoms with Crippen molar-refractivity contribution >= 4 is 34.6 Å². The van der Waals surface area contributed by atoms with Gasteiger partial charge in [0.2, 0.25) is 5.91 Å². The first-order chi connectivity index (χ1) is 11.6. The van der Waals surface area contributed by atoms with Crippen molar-refractivity contribution < 1.29 is 4.79 Å². The number of nitrogens with zero attached hydrogens (tertiary/aromatic N) is 3. The lowest BCUT2D eigenvalue weighted by Gasteiger charge is -2.37. The topological polar surface area (TPSA) is 48.5 Å². The Hall–Kier alpha value is -1.21. The van der Waals surface area contributed by atoms with E-state index >= 15 is 0 Å². The van der Waals surface area contributed by atoms with Crippen LogP contribution in [0.2, 0.25) is 0 Å². The molecule has 2 heterocycles. The smallest absolute Gasteiger partial charge is 0.229 e. The van der Waals surface area contributed by atoms with Crippen LogP contribution in [0.15, 0.2) is 5.38 Å². The number of amides is 1. The van der Waals surface area contributed by atoms with Crippen molar-refractivity contribution in [2.45, 2.75) is 51.5 Å². The maximum atomic E-state index is 12.4. The van der Waals surface area contributed by atoms with Gasteiger partial charge in [-0.1, -0.05) is 19.3 Å². The van der Waals surface area contributed by atoms with E-state index in [1.807, 2.05) is 17.2 Å². The van der Waals surface area contributed by atoms with Crippen molar-refractivity contribution in [3.05, 3.63) is 16.1 Å². The molecule has 1 aromatic heterocycles. The molecule has 0 spiro atoms. The minimum Gasteiger partial charge on any atom is -0.360 e. The highest BCUT2D eigenvalue weighted by molar-refractivity contribution is 7.80. The maximum Gasteiger partial charge on any atom is 0.229 e. The molecular weight excluding hydrogens is 340 g/mol. The maximum absolute atomic E-state index is 12.4. The molecular formula is C17H26N4OS2. The number of thiocarbonyl (C=S) groups is 1. The molecule has 3 rings (SSSR count). The molecule has 2 aliphatic rings. The highest BCUT2D eigenvalue weighted by atomic mass is 32.1. The summed E-state index contributed by atoms with van der Waals surface area (Å²) >= 11 is 7.14. The molecule has 7 heteroatoms. The third-order valence-corrected chi connectivity index (χ3v) is 6.16. The van der Waals surface area contributed by atoms with Crippen LogP contribution in [-0.2, 0) is 11.2 Å². The fourth-order valence-corrected chi connectivity index (χ4v) is 4.51. The van der Waals surface area contributed by atoms with Crippen LogP contribution in [0.4, 0.5) is 0 Å². The molecule has 132 valence electrons. The Balaban J connectivity index is 1.43. The number of hydrogen-bond donors (Lipinski definition) is 1. The number of thiazole rings is 1. The molecule has 1 amide bonds. The molecule has 1 saturated heterocycles. The summed E-state index contributed by atoms with van der Waals surface area (Å²) in [5, 5.41) is 7.29. The number of carbonyl (C=O) groups excluding carboxylic acids is 1. The zero-order valence-corrected chi connectivity index (χ0v) is 15.9. The molecule has 1 aliphatic carbocycles. The highest BCUT2D eigenvalue weighted by Crippen LogP contribution is 2.18. The van der Waals surface area contributed by atoms with Crippen LogP contribution < -0.4 is 5.32 Å². The van der Waals surface area contributed by atoms with Gasteiger partial charge in [0.05, 0.1) is 6.42 Å². The van der Waals surface area contributed by atoms with Crippen molar-refractivity contribution in [1.29, 1.82) is 0 Å². The van der Waals surface area contributed by atoms with E-state index < -0.39 is 0 Å². The van der Waals surface area contributed by atoms with Crippen molar-refractivity contribution in [3.63, 3.8) is 0 Å². The molecule has 1 saturated carbocycles. The summed E-state index contributed by atoms with van der Waals surface area (Å²) in [5.74, 6) is 0.176. The largest absolute Gasteiger partial charge is 0.360 e. The van der Waals surface area contributed by atoms with E-state index in [9.17, 15) is 4.79 Å². The molecule has 0 atom stereocenters. The van der Waals surface area contributed by atoms with Crippen LogP contribution in [-0.4, -0.2) is 58.0 Å². The van der Waals surface area contributed by atoms with E-state index in [1.54, 1.807) is 11.3 Å². The Morgan fingerprint density at radius 2 is 1.92 bits per heavy atom. The molecule has 1 aromatic rings. The number of carbonyl (C=O) groups is 1. The third-order valence-electron chi connectivity index (χ3n) is 4.82. The van der Waals surface area contributed by atoms with Gasteiger partial charge in [0.15, 0.2) is 5.11 Å². The molecule has 1 aliphatic heterocycles. The van der Waals surface area contributed by atoms with Gasteiger partial charge in [0, 0.05) is 43.3 Å². The average molecular weight is 367 g/mol. The summed E-state index contributed by atoms with van der Waals surface area (Å²) in [6.45, 7) is 5.09. The Labute approximate surface area is 153 Å². The second-order valence-corrected chi connectivity index (χ2v) is 8.04. The summed E-state index contributed by atoms with van der Waals surface area (Å²) in [5.41, 5.74) is 0.992. The van der Waals surface area contributed by atoms with Crippen LogP contribution in [0, 0.1) is 6.92 Å². The first-order valence-electron chi connectivity index (χ1n) is 8.86. The van der Waals surface area contributed by atoms with Gasteiger partial charge >= 0.3 is 0 Å². The number of hydrogen-bond acceptors (Lipinski definition) is 4. The number of rotatable bonds is 3. The predicted octanol–water partition coefficient (Wildman–Crippen LogP) is 2.35. The van der Waals surface area contributed by atoms with Gasteiger partial charge in [-0.15, -0.1) is 11.3 Å². The first-order valence-corrected chi connectivity index (χ1v) is 10.1. The van der Waals surface area contributed by atoms with Gasteiger partial charge in [0.1, 0.15) is 5.01 Å². The lowest BCUT2D eigenvalue weighted by molar-refractivity contribution is -0.131. The molecule has 2 fully saturated rings.